The largest absolute Gasteiger partial charge is 0.481 e. The van der Waals surface area contributed by atoms with Crippen LogP contribution in [0.15, 0.2) is 48.5 Å². The number of hydrogen-bond donors (Lipinski definition) is 1. The Bertz CT molecular complexity index is 1040. The monoisotopic (exact) mass is 503 g/mol. The van der Waals surface area contributed by atoms with Crippen LogP contribution in [0, 0.1) is 5.41 Å². The van der Waals surface area contributed by atoms with Crippen LogP contribution in [-0.2, 0) is 14.3 Å². The first-order valence-corrected chi connectivity index (χ1v) is 12.7. The molecule has 2 aromatic carbocycles. The molecule has 5 atom stereocenters. The van der Waals surface area contributed by atoms with Crippen LogP contribution in [0.1, 0.15) is 69.0 Å². The second-order valence-corrected chi connectivity index (χ2v) is 10.6. The normalized spacial score (nSPS) is 28.2. The molecule has 2 fully saturated rings. The molecule has 5 nitrogen and oxygen atoms in total. The van der Waals surface area contributed by atoms with Gasteiger partial charge in [0.25, 0.3) is 0 Å². The van der Waals surface area contributed by atoms with Crippen molar-refractivity contribution in [1.29, 1.82) is 0 Å². The molecule has 34 heavy (non-hydrogen) atoms. The molecule has 1 amide bonds. The van der Waals surface area contributed by atoms with E-state index < -0.39 is 11.4 Å². The smallest absolute Gasteiger partial charge is 0.304 e. The number of aliphatic carboxylic acids is 1. The first kappa shape index (κ1) is 25.0. The Morgan fingerprint density at radius 2 is 1.91 bits per heavy atom. The number of halogens is 2. The van der Waals surface area contributed by atoms with Crippen LogP contribution >= 0.6 is 23.2 Å². The van der Waals surface area contributed by atoms with Crippen LogP contribution in [0.2, 0.25) is 10.0 Å². The molecule has 0 aliphatic carbocycles. The van der Waals surface area contributed by atoms with Crippen molar-refractivity contribution in [3.8, 4) is 0 Å². The summed E-state index contributed by atoms with van der Waals surface area (Å²) in [6.07, 6.45) is 2.66. The summed E-state index contributed by atoms with van der Waals surface area (Å²) in [5.41, 5.74) is 0.911. The number of carbonyl (C=O) groups is 2. The van der Waals surface area contributed by atoms with Gasteiger partial charge in [-0.15, -0.1) is 0 Å². The van der Waals surface area contributed by atoms with Crippen molar-refractivity contribution in [3.63, 3.8) is 0 Å². The number of carboxylic acid groups (broad SMARTS) is 1. The first-order valence-electron chi connectivity index (χ1n) is 11.9. The first-order chi connectivity index (χ1) is 16.2. The topological polar surface area (TPSA) is 66.8 Å². The van der Waals surface area contributed by atoms with Crippen LogP contribution in [0.25, 0.3) is 0 Å². The van der Waals surface area contributed by atoms with Crippen LogP contribution in [-0.4, -0.2) is 40.6 Å². The summed E-state index contributed by atoms with van der Waals surface area (Å²) in [7, 11) is 0. The highest BCUT2D eigenvalue weighted by Crippen LogP contribution is 2.52. The highest BCUT2D eigenvalue weighted by Gasteiger charge is 2.53. The summed E-state index contributed by atoms with van der Waals surface area (Å²) in [5.74, 6) is -1.25. The van der Waals surface area contributed by atoms with Crippen molar-refractivity contribution in [1.82, 2.24) is 4.90 Å². The van der Waals surface area contributed by atoms with Crippen molar-refractivity contribution in [2.45, 2.75) is 70.1 Å². The van der Waals surface area contributed by atoms with E-state index in [9.17, 15) is 14.7 Å². The lowest BCUT2D eigenvalue weighted by molar-refractivity contribution is -0.164. The van der Waals surface area contributed by atoms with Crippen molar-refractivity contribution < 1.29 is 19.4 Å². The van der Waals surface area contributed by atoms with Gasteiger partial charge in [-0.05, 0) is 61.1 Å². The molecule has 2 aliphatic rings. The zero-order valence-electron chi connectivity index (χ0n) is 19.5. The van der Waals surface area contributed by atoms with Crippen LogP contribution in [0.3, 0.4) is 0 Å². The molecule has 4 rings (SSSR count). The van der Waals surface area contributed by atoms with Gasteiger partial charge >= 0.3 is 5.97 Å². The van der Waals surface area contributed by atoms with E-state index in [0.29, 0.717) is 29.5 Å². The maximum absolute atomic E-state index is 14.2. The summed E-state index contributed by atoms with van der Waals surface area (Å²) in [5, 5.41) is 11.0. The molecule has 2 saturated heterocycles. The lowest BCUT2D eigenvalue weighted by Crippen LogP contribution is -2.58. The number of piperidine rings is 1. The van der Waals surface area contributed by atoms with E-state index in [2.05, 4.69) is 6.92 Å². The van der Waals surface area contributed by atoms with Gasteiger partial charge in [0.1, 0.15) is 0 Å². The number of carbonyl (C=O) groups excluding carboxylic acids is 1. The third-order valence-electron chi connectivity index (χ3n) is 7.30. The summed E-state index contributed by atoms with van der Waals surface area (Å²) in [6.45, 7) is 4.53. The number of likely N-dealkylation sites (tertiary alicyclic amines) is 1. The highest BCUT2D eigenvalue weighted by atomic mass is 35.5. The average Bonchev–Trinajstić information content (AvgIpc) is 3.32. The molecule has 0 aromatic heterocycles. The van der Waals surface area contributed by atoms with Gasteiger partial charge in [-0.25, -0.2) is 0 Å². The van der Waals surface area contributed by atoms with Crippen LogP contribution in [0.5, 0.6) is 0 Å². The highest BCUT2D eigenvalue weighted by molar-refractivity contribution is 6.30. The Balaban J connectivity index is 1.90. The molecule has 0 saturated carbocycles. The van der Waals surface area contributed by atoms with Crippen LogP contribution in [0.4, 0.5) is 0 Å². The van der Waals surface area contributed by atoms with Crippen LogP contribution < -0.4 is 0 Å². The molecule has 2 heterocycles. The number of ether oxygens (including phenoxy) is 1. The number of carboxylic acids is 1. The van der Waals surface area contributed by atoms with Gasteiger partial charge in [0.2, 0.25) is 5.91 Å². The maximum Gasteiger partial charge on any atom is 0.304 e. The molecule has 1 N–H and O–H groups in total. The summed E-state index contributed by atoms with van der Waals surface area (Å²) in [6, 6.07) is 14.8. The standard InChI is InChI=1S/C27H31Cl2NO4/c1-3-22(23-8-5-13-34-23)30-25(17-9-11-19(28)12-10-17)21(18-6-4-7-20(29)14-18)15-27(2,26(30)33)16-24(31)32/h4,6-7,9-12,14,21-23,25H,3,5,8,13,15-16H2,1-2H3,(H,31,32). The van der Waals surface area contributed by atoms with E-state index in [1.807, 2.05) is 53.4 Å². The number of nitrogens with zero attached hydrogens (tertiary/aromatic N) is 1. The van der Waals surface area contributed by atoms with Crippen molar-refractivity contribution in [3.05, 3.63) is 69.7 Å². The van der Waals surface area contributed by atoms with Gasteiger partial charge in [-0.1, -0.05) is 61.3 Å². The molecular formula is C27H31Cl2NO4. The lowest BCUT2D eigenvalue weighted by atomic mass is 9.66. The molecule has 0 bridgehead atoms. The second kappa shape index (κ2) is 10.3. The number of amides is 1. The minimum absolute atomic E-state index is 0.0732. The molecule has 7 heteroatoms. The van der Waals surface area contributed by atoms with Gasteiger partial charge in [-0.2, -0.15) is 0 Å². The fraction of sp³-hybridized carbons (Fsp3) is 0.481. The maximum atomic E-state index is 14.2. The summed E-state index contributed by atoms with van der Waals surface area (Å²) >= 11 is 12.6. The quantitative estimate of drug-likeness (QED) is 0.468. The van der Waals surface area contributed by atoms with E-state index in [4.69, 9.17) is 27.9 Å². The molecule has 182 valence electrons. The second-order valence-electron chi connectivity index (χ2n) is 9.73. The third-order valence-corrected chi connectivity index (χ3v) is 7.79. The van der Waals surface area contributed by atoms with Gasteiger partial charge in [-0.3, -0.25) is 9.59 Å². The van der Waals surface area contributed by atoms with E-state index in [1.54, 1.807) is 6.92 Å². The summed E-state index contributed by atoms with van der Waals surface area (Å²) in [4.78, 5) is 28.0. The van der Waals surface area contributed by atoms with Crippen molar-refractivity contribution in [2.24, 2.45) is 5.41 Å². The zero-order valence-corrected chi connectivity index (χ0v) is 21.1. The Labute approximate surface area is 211 Å². The Morgan fingerprint density at radius 3 is 2.50 bits per heavy atom. The SMILES string of the molecule is CCC(C1CCCO1)N1C(=O)C(C)(CC(=O)O)CC(c2cccc(Cl)c2)C1c1ccc(Cl)cc1. The molecular weight excluding hydrogens is 473 g/mol. The number of benzene rings is 2. The molecule has 2 aliphatic heterocycles. The lowest BCUT2D eigenvalue weighted by Gasteiger charge is -2.52. The minimum atomic E-state index is -1.05. The number of rotatable bonds is 7. The van der Waals surface area contributed by atoms with E-state index >= 15 is 0 Å². The van der Waals surface area contributed by atoms with E-state index in [-0.39, 0.29) is 36.4 Å². The minimum Gasteiger partial charge on any atom is -0.481 e. The average molecular weight is 504 g/mol. The van der Waals surface area contributed by atoms with E-state index in [1.165, 1.54) is 0 Å². The molecule has 5 unspecified atom stereocenters. The third kappa shape index (κ3) is 4.98. The fourth-order valence-electron chi connectivity index (χ4n) is 5.79. The molecule has 0 spiro atoms. The fourth-order valence-corrected chi connectivity index (χ4v) is 6.11. The predicted octanol–water partition coefficient (Wildman–Crippen LogP) is 6.49. The Hall–Kier alpha value is -2.08. The summed E-state index contributed by atoms with van der Waals surface area (Å²) < 4.78 is 6.07. The zero-order chi connectivity index (χ0) is 24.5. The van der Waals surface area contributed by atoms with Crippen molar-refractivity contribution in [2.75, 3.05) is 6.61 Å². The number of hydrogen-bond acceptors (Lipinski definition) is 3. The van der Waals surface area contributed by atoms with Gasteiger partial charge < -0.3 is 14.7 Å². The predicted molar refractivity (Wildman–Crippen MR) is 133 cm³/mol. The van der Waals surface area contributed by atoms with Gasteiger partial charge in [0, 0.05) is 22.6 Å². The Morgan fingerprint density at radius 1 is 1.18 bits per heavy atom. The molecule has 2 aromatic rings. The van der Waals surface area contributed by atoms with Gasteiger partial charge in [0.15, 0.2) is 0 Å². The van der Waals surface area contributed by atoms with Gasteiger partial charge in [0.05, 0.1) is 30.0 Å². The molecule has 0 radical (unpaired) electrons. The van der Waals surface area contributed by atoms with Crippen molar-refractivity contribution >= 4 is 35.1 Å². The van der Waals surface area contributed by atoms with E-state index in [0.717, 1.165) is 24.0 Å². The Kier molecular flexibility index (Phi) is 7.56.